The molecule has 1 aromatic carbocycles. The van der Waals surface area contributed by atoms with Crippen molar-refractivity contribution in [2.75, 3.05) is 18.8 Å². The van der Waals surface area contributed by atoms with Crippen LogP contribution in [0.15, 0.2) is 35.5 Å². The fourth-order valence-corrected chi connectivity index (χ4v) is 2.64. The molecule has 0 spiro atoms. The Balaban J connectivity index is 1.88. The molecule has 0 bridgehead atoms. The summed E-state index contributed by atoms with van der Waals surface area (Å²) in [5, 5.41) is 14.1. The lowest BCUT2D eigenvalue weighted by Crippen LogP contribution is -2.37. The molecule has 0 saturated heterocycles. The van der Waals surface area contributed by atoms with Crippen LogP contribution in [0.25, 0.3) is 11.4 Å². The zero-order chi connectivity index (χ0) is 16.7. The maximum Gasteiger partial charge on any atom is 0.239 e. The molecule has 2 rings (SSSR count). The Morgan fingerprint density at radius 2 is 1.87 bits per heavy atom. The van der Waals surface area contributed by atoms with Crippen molar-refractivity contribution in [2.45, 2.75) is 12.1 Å². The van der Waals surface area contributed by atoms with Crippen molar-refractivity contribution in [2.24, 2.45) is 7.05 Å². The fourth-order valence-electron chi connectivity index (χ4n) is 1.90. The molecule has 23 heavy (non-hydrogen) atoms. The highest BCUT2D eigenvalue weighted by Crippen LogP contribution is 2.21. The molecule has 0 aliphatic heterocycles. The molecule has 2 aromatic rings. The summed E-state index contributed by atoms with van der Waals surface area (Å²) in [6, 6.07) is 9.72. The van der Waals surface area contributed by atoms with Crippen molar-refractivity contribution in [1.29, 1.82) is 0 Å². The van der Waals surface area contributed by atoms with Crippen molar-refractivity contribution >= 4 is 23.6 Å². The second kappa shape index (κ2) is 8.33. The molecule has 8 heteroatoms. The highest BCUT2D eigenvalue weighted by atomic mass is 32.2. The minimum Gasteiger partial charge on any atom is -0.355 e. The molecular formula is C15H19N5O2S. The highest BCUT2D eigenvalue weighted by molar-refractivity contribution is 7.99. The number of aromatic nitrogens is 3. The van der Waals surface area contributed by atoms with Crippen molar-refractivity contribution in [3.63, 3.8) is 0 Å². The van der Waals surface area contributed by atoms with E-state index in [2.05, 4.69) is 20.8 Å². The summed E-state index contributed by atoms with van der Waals surface area (Å²) in [6.07, 6.45) is 0. The minimum absolute atomic E-state index is 0.0126. The van der Waals surface area contributed by atoms with Crippen LogP contribution in [0.5, 0.6) is 0 Å². The molecule has 0 radical (unpaired) electrons. The summed E-state index contributed by atoms with van der Waals surface area (Å²) in [5.41, 5.74) is 0.968. The molecule has 7 nitrogen and oxygen atoms in total. The number of carbonyl (C=O) groups is 2. The van der Waals surface area contributed by atoms with E-state index in [0.29, 0.717) is 11.7 Å². The molecule has 1 aromatic heterocycles. The number of hydrogen-bond donors (Lipinski definition) is 2. The molecule has 0 fully saturated rings. The lowest BCUT2D eigenvalue weighted by molar-refractivity contribution is -0.124. The quantitative estimate of drug-likeness (QED) is 0.733. The Morgan fingerprint density at radius 3 is 2.57 bits per heavy atom. The number of nitrogens with zero attached hydrogens (tertiary/aromatic N) is 3. The van der Waals surface area contributed by atoms with Gasteiger partial charge in [-0.05, 0) is 6.92 Å². The summed E-state index contributed by atoms with van der Waals surface area (Å²) in [6.45, 7) is 2.36. The van der Waals surface area contributed by atoms with E-state index < -0.39 is 0 Å². The molecule has 0 unspecified atom stereocenters. The van der Waals surface area contributed by atoms with Crippen molar-refractivity contribution in [1.82, 2.24) is 25.4 Å². The van der Waals surface area contributed by atoms with Gasteiger partial charge in [0.2, 0.25) is 11.8 Å². The van der Waals surface area contributed by atoms with E-state index in [1.807, 2.05) is 48.9 Å². The molecule has 2 amide bonds. The van der Waals surface area contributed by atoms with Crippen LogP contribution in [-0.4, -0.2) is 45.4 Å². The molecular weight excluding hydrogens is 314 g/mol. The standard InChI is InChI=1S/C15H19N5O2S/c1-3-16-12(21)9-17-13(22)10-23-15-19-18-14(20(15)2)11-7-5-4-6-8-11/h4-8H,3,9-10H2,1-2H3,(H,16,21)(H,17,22). The van der Waals surface area contributed by atoms with E-state index in [1.54, 1.807) is 0 Å². The maximum absolute atomic E-state index is 11.7. The zero-order valence-electron chi connectivity index (χ0n) is 13.1. The Bertz CT molecular complexity index is 672. The Morgan fingerprint density at radius 1 is 1.13 bits per heavy atom. The lowest BCUT2D eigenvalue weighted by Gasteiger charge is -2.05. The number of carbonyl (C=O) groups excluding carboxylic acids is 2. The minimum atomic E-state index is -0.217. The fraction of sp³-hybridized carbons (Fsp3) is 0.333. The summed E-state index contributed by atoms with van der Waals surface area (Å²) in [4.78, 5) is 23.0. The zero-order valence-corrected chi connectivity index (χ0v) is 13.9. The van der Waals surface area contributed by atoms with Crippen LogP contribution < -0.4 is 10.6 Å². The van der Waals surface area contributed by atoms with Gasteiger partial charge in [-0.1, -0.05) is 42.1 Å². The second-order valence-electron chi connectivity index (χ2n) is 4.75. The van der Waals surface area contributed by atoms with E-state index in [0.717, 1.165) is 11.4 Å². The predicted molar refractivity (Wildman–Crippen MR) is 88.9 cm³/mol. The number of nitrogens with one attached hydrogen (secondary N) is 2. The van der Waals surface area contributed by atoms with Gasteiger partial charge in [-0.3, -0.25) is 9.59 Å². The molecule has 0 atom stereocenters. The third-order valence-corrected chi connectivity index (χ3v) is 4.04. The topological polar surface area (TPSA) is 88.9 Å². The Kier molecular flexibility index (Phi) is 6.16. The first-order chi connectivity index (χ1) is 11.1. The average molecular weight is 333 g/mol. The number of benzene rings is 1. The first kappa shape index (κ1) is 17.0. The van der Waals surface area contributed by atoms with Crippen LogP contribution in [-0.2, 0) is 16.6 Å². The van der Waals surface area contributed by atoms with Gasteiger partial charge in [0.25, 0.3) is 0 Å². The van der Waals surface area contributed by atoms with Gasteiger partial charge in [-0.2, -0.15) is 0 Å². The molecule has 122 valence electrons. The molecule has 0 saturated carbocycles. The number of hydrogen-bond acceptors (Lipinski definition) is 5. The van der Waals surface area contributed by atoms with Crippen LogP contribution in [0.1, 0.15) is 6.92 Å². The van der Waals surface area contributed by atoms with Crippen LogP contribution in [0.2, 0.25) is 0 Å². The SMILES string of the molecule is CCNC(=O)CNC(=O)CSc1nnc(-c2ccccc2)n1C. The number of amides is 2. The normalized spacial score (nSPS) is 10.3. The van der Waals surface area contributed by atoms with E-state index in [-0.39, 0.29) is 24.1 Å². The van der Waals surface area contributed by atoms with Gasteiger partial charge < -0.3 is 15.2 Å². The Labute approximate surface area is 138 Å². The van der Waals surface area contributed by atoms with E-state index >= 15 is 0 Å². The van der Waals surface area contributed by atoms with Crippen molar-refractivity contribution in [3.05, 3.63) is 30.3 Å². The van der Waals surface area contributed by atoms with E-state index in [4.69, 9.17) is 0 Å². The third kappa shape index (κ3) is 4.82. The maximum atomic E-state index is 11.7. The Hall–Kier alpha value is -2.35. The average Bonchev–Trinajstić information content (AvgIpc) is 2.93. The van der Waals surface area contributed by atoms with Gasteiger partial charge in [0.15, 0.2) is 11.0 Å². The number of likely N-dealkylation sites (N-methyl/N-ethyl adjacent to an activating group) is 1. The van der Waals surface area contributed by atoms with Crippen molar-refractivity contribution < 1.29 is 9.59 Å². The molecule has 0 aliphatic rings. The van der Waals surface area contributed by atoms with Gasteiger partial charge in [0, 0.05) is 19.2 Å². The van der Waals surface area contributed by atoms with Crippen LogP contribution in [0.3, 0.4) is 0 Å². The predicted octanol–water partition coefficient (Wildman–Crippen LogP) is 0.826. The first-order valence-electron chi connectivity index (χ1n) is 7.22. The summed E-state index contributed by atoms with van der Waals surface area (Å²) in [7, 11) is 1.86. The smallest absolute Gasteiger partial charge is 0.239 e. The molecule has 1 heterocycles. The highest BCUT2D eigenvalue weighted by Gasteiger charge is 2.13. The third-order valence-electron chi connectivity index (χ3n) is 3.02. The van der Waals surface area contributed by atoms with Gasteiger partial charge in [-0.15, -0.1) is 10.2 Å². The van der Waals surface area contributed by atoms with Gasteiger partial charge in [0.1, 0.15) is 0 Å². The summed E-state index contributed by atoms with van der Waals surface area (Å²) in [5.74, 6) is 0.511. The monoisotopic (exact) mass is 333 g/mol. The van der Waals surface area contributed by atoms with Crippen LogP contribution in [0, 0.1) is 0 Å². The van der Waals surface area contributed by atoms with Gasteiger partial charge in [-0.25, -0.2) is 0 Å². The second-order valence-corrected chi connectivity index (χ2v) is 5.69. The first-order valence-corrected chi connectivity index (χ1v) is 8.21. The molecule has 2 N–H and O–H groups in total. The van der Waals surface area contributed by atoms with Crippen LogP contribution >= 0.6 is 11.8 Å². The summed E-state index contributed by atoms with van der Waals surface area (Å²) < 4.78 is 1.84. The van der Waals surface area contributed by atoms with Crippen molar-refractivity contribution in [3.8, 4) is 11.4 Å². The van der Waals surface area contributed by atoms with E-state index in [1.165, 1.54) is 11.8 Å². The lowest BCUT2D eigenvalue weighted by atomic mass is 10.2. The largest absolute Gasteiger partial charge is 0.355 e. The van der Waals surface area contributed by atoms with E-state index in [9.17, 15) is 9.59 Å². The molecule has 0 aliphatic carbocycles. The number of thioether (sulfide) groups is 1. The van der Waals surface area contributed by atoms with Crippen LogP contribution in [0.4, 0.5) is 0 Å². The summed E-state index contributed by atoms with van der Waals surface area (Å²) >= 11 is 1.28. The number of rotatable bonds is 7. The van der Waals surface area contributed by atoms with Gasteiger partial charge in [0.05, 0.1) is 12.3 Å². The van der Waals surface area contributed by atoms with Gasteiger partial charge >= 0.3 is 0 Å².